The predicted octanol–water partition coefficient (Wildman–Crippen LogP) is 3.41. The molecule has 0 unspecified atom stereocenters. The van der Waals surface area contributed by atoms with Crippen LogP contribution < -0.4 is 5.32 Å². The molecule has 0 fully saturated rings. The summed E-state index contributed by atoms with van der Waals surface area (Å²) in [4.78, 5) is 22.8. The van der Waals surface area contributed by atoms with Gasteiger partial charge in [0.2, 0.25) is 0 Å². The topological polar surface area (TPSA) is 75.6 Å². The van der Waals surface area contributed by atoms with E-state index in [4.69, 9.17) is 9.84 Å². The molecule has 0 heterocycles. The molecule has 0 aliphatic carbocycles. The number of carboxylic acid groups (broad SMARTS) is 1. The maximum atomic E-state index is 13.8. The normalized spacial score (nSPS) is 11.6. The maximum absolute atomic E-state index is 13.8. The molecule has 2 N–H and O–H groups in total. The lowest BCUT2D eigenvalue weighted by Gasteiger charge is -2.18. The number of benzene rings is 2. The molecule has 2 aromatic carbocycles. The second kappa shape index (κ2) is 8.05. The second-order valence-electron chi connectivity index (χ2n) is 5.02. The zero-order valence-corrected chi connectivity index (χ0v) is 12.5. The van der Waals surface area contributed by atoms with Crippen molar-refractivity contribution in [2.75, 3.05) is 0 Å². The van der Waals surface area contributed by atoms with Crippen LogP contribution in [-0.4, -0.2) is 17.2 Å². The first-order chi connectivity index (χ1) is 11.5. The maximum Gasteiger partial charge on any atom is 0.407 e. The number of rotatable bonds is 6. The second-order valence-corrected chi connectivity index (χ2v) is 5.02. The third kappa shape index (κ3) is 5.05. The molecule has 0 spiro atoms. The highest BCUT2D eigenvalue weighted by Gasteiger charge is 2.22. The van der Waals surface area contributed by atoms with Gasteiger partial charge in [0.25, 0.3) is 0 Å². The van der Waals surface area contributed by atoms with E-state index in [2.05, 4.69) is 5.32 Å². The summed E-state index contributed by atoms with van der Waals surface area (Å²) in [6.07, 6.45) is -1.53. The minimum Gasteiger partial charge on any atom is -0.481 e. The number of hydrogen-bond acceptors (Lipinski definition) is 3. The first kappa shape index (κ1) is 17.4. The van der Waals surface area contributed by atoms with Crippen LogP contribution in [0.4, 0.5) is 13.6 Å². The minimum absolute atomic E-state index is 0.0297. The van der Waals surface area contributed by atoms with Crippen LogP contribution in [0, 0.1) is 11.6 Å². The quantitative estimate of drug-likeness (QED) is 0.848. The standard InChI is InChI=1S/C17H15F2NO4/c18-12-6-7-14(19)13(8-12)15(9-16(21)22)20-17(23)24-10-11-4-2-1-3-5-11/h1-8,15H,9-10H2,(H,20,23)(H,21,22)/t15-/m1/s1. The van der Waals surface area contributed by atoms with Gasteiger partial charge in [-0.15, -0.1) is 0 Å². The van der Waals surface area contributed by atoms with E-state index in [-0.39, 0.29) is 12.2 Å². The first-order valence-electron chi connectivity index (χ1n) is 7.09. The van der Waals surface area contributed by atoms with Crippen LogP contribution in [0.3, 0.4) is 0 Å². The smallest absolute Gasteiger partial charge is 0.407 e. The molecule has 126 valence electrons. The fourth-order valence-corrected chi connectivity index (χ4v) is 2.10. The molecule has 2 rings (SSSR count). The number of amides is 1. The first-order valence-corrected chi connectivity index (χ1v) is 7.09. The molecule has 0 saturated carbocycles. The zero-order valence-electron chi connectivity index (χ0n) is 12.5. The Morgan fingerprint density at radius 1 is 1.12 bits per heavy atom. The van der Waals surface area contributed by atoms with Crippen molar-refractivity contribution < 1.29 is 28.2 Å². The van der Waals surface area contributed by atoms with Crippen molar-refractivity contribution in [3.05, 3.63) is 71.3 Å². The van der Waals surface area contributed by atoms with Gasteiger partial charge in [0.1, 0.15) is 18.2 Å². The number of carbonyl (C=O) groups excluding carboxylic acids is 1. The average molecular weight is 335 g/mol. The van der Waals surface area contributed by atoms with E-state index in [1.165, 1.54) is 0 Å². The van der Waals surface area contributed by atoms with Crippen LogP contribution >= 0.6 is 0 Å². The molecule has 0 bridgehead atoms. The molecule has 0 saturated heterocycles. The summed E-state index contributed by atoms with van der Waals surface area (Å²) in [6.45, 7) is -0.0297. The largest absolute Gasteiger partial charge is 0.481 e. The molecule has 5 nitrogen and oxygen atoms in total. The van der Waals surface area contributed by atoms with Crippen molar-refractivity contribution in [3.8, 4) is 0 Å². The third-order valence-electron chi connectivity index (χ3n) is 3.22. The molecule has 0 aliphatic heterocycles. The molecule has 1 amide bonds. The predicted molar refractivity (Wildman–Crippen MR) is 81.1 cm³/mol. The highest BCUT2D eigenvalue weighted by molar-refractivity contribution is 5.72. The van der Waals surface area contributed by atoms with Crippen LogP contribution in [0.25, 0.3) is 0 Å². The van der Waals surface area contributed by atoms with E-state index >= 15 is 0 Å². The zero-order chi connectivity index (χ0) is 17.5. The minimum atomic E-state index is -1.27. The lowest BCUT2D eigenvalue weighted by Crippen LogP contribution is -2.31. The SMILES string of the molecule is O=C(O)C[C@@H](NC(=O)OCc1ccccc1)c1cc(F)ccc1F. The van der Waals surface area contributed by atoms with E-state index in [1.54, 1.807) is 30.3 Å². The number of carboxylic acids is 1. The molecule has 0 aliphatic rings. The van der Waals surface area contributed by atoms with Crippen molar-refractivity contribution >= 4 is 12.1 Å². The van der Waals surface area contributed by atoms with Crippen LogP contribution in [-0.2, 0) is 16.1 Å². The van der Waals surface area contributed by atoms with E-state index in [9.17, 15) is 18.4 Å². The van der Waals surface area contributed by atoms with Gasteiger partial charge >= 0.3 is 12.1 Å². The highest BCUT2D eigenvalue weighted by atomic mass is 19.1. The highest BCUT2D eigenvalue weighted by Crippen LogP contribution is 2.21. The van der Waals surface area contributed by atoms with E-state index in [0.29, 0.717) is 0 Å². The molecular formula is C17H15F2NO4. The number of halogens is 2. The van der Waals surface area contributed by atoms with Gasteiger partial charge in [-0.1, -0.05) is 30.3 Å². The molecule has 24 heavy (non-hydrogen) atoms. The molecule has 7 heteroatoms. The van der Waals surface area contributed by atoms with Crippen molar-refractivity contribution in [1.29, 1.82) is 0 Å². The van der Waals surface area contributed by atoms with Crippen LogP contribution in [0.2, 0.25) is 0 Å². The lowest BCUT2D eigenvalue weighted by molar-refractivity contribution is -0.137. The van der Waals surface area contributed by atoms with E-state index in [0.717, 1.165) is 23.8 Å². The van der Waals surface area contributed by atoms with E-state index < -0.39 is 36.2 Å². The van der Waals surface area contributed by atoms with Crippen molar-refractivity contribution in [1.82, 2.24) is 5.32 Å². The molecule has 0 radical (unpaired) electrons. The van der Waals surface area contributed by atoms with E-state index in [1.807, 2.05) is 0 Å². The van der Waals surface area contributed by atoms with Crippen LogP contribution in [0.15, 0.2) is 48.5 Å². The van der Waals surface area contributed by atoms with Gasteiger partial charge in [-0.3, -0.25) is 4.79 Å². The molecule has 2 aromatic rings. The Hall–Kier alpha value is -2.96. The Balaban J connectivity index is 2.06. The Bertz CT molecular complexity index is 722. The third-order valence-corrected chi connectivity index (χ3v) is 3.22. The van der Waals surface area contributed by atoms with Gasteiger partial charge in [-0.2, -0.15) is 0 Å². The number of ether oxygens (including phenoxy) is 1. The number of hydrogen-bond donors (Lipinski definition) is 2. The summed E-state index contributed by atoms with van der Waals surface area (Å²) in [7, 11) is 0. The lowest BCUT2D eigenvalue weighted by atomic mass is 10.0. The van der Waals surface area contributed by atoms with Gasteiger partial charge < -0.3 is 15.2 Å². The van der Waals surface area contributed by atoms with Gasteiger partial charge in [0, 0.05) is 5.56 Å². The van der Waals surface area contributed by atoms with Crippen molar-refractivity contribution in [2.45, 2.75) is 19.1 Å². The van der Waals surface area contributed by atoms with Gasteiger partial charge in [0.05, 0.1) is 12.5 Å². The number of nitrogens with one attached hydrogen (secondary N) is 1. The molecular weight excluding hydrogens is 320 g/mol. The summed E-state index contributed by atoms with van der Waals surface area (Å²) in [5.41, 5.74) is 0.480. The average Bonchev–Trinajstić information content (AvgIpc) is 2.55. The summed E-state index contributed by atoms with van der Waals surface area (Å²) < 4.78 is 32.1. The fourth-order valence-electron chi connectivity index (χ4n) is 2.10. The van der Waals surface area contributed by atoms with Crippen LogP contribution in [0.5, 0.6) is 0 Å². The van der Waals surface area contributed by atoms with Gasteiger partial charge in [0.15, 0.2) is 0 Å². The Labute approximate surface area is 136 Å². The van der Waals surface area contributed by atoms with Crippen molar-refractivity contribution in [3.63, 3.8) is 0 Å². The molecule has 0 aromatic heterocycles. The summed E-state index contributed by atoms with van der Waals surface area (Å²) in [5.74, 6) is -2.82. The van der Waals surface area contributed by atoms with Gasteiger partial charge in [-0.25, -0.2) is 13.6 Å². The Kier molecular flexibility index (Phi) is 5.83. The summed E-state index contributed by atoms with van der Waals surface area (Å²) in [6, 6.07) is 10.2. The fraction of sp³-hybridized carbons (Fsp3) is 0.176. The summed E-state index contributed by atoms with van der Waals surface area (Å²) >= 11 is 0. The van der Waals surface area contributed by atoms with Crippen molar-refractivity contribution in [2.24, 2.45) is 0 Å². The van der Waals surface area contributed by atoms with Gasteiger partial charge in [-0.05, 0) is 23.8 Å². The molecule has 1 atom stereocenters. The number of aliphatic carboxylic acids is 1. The number of carbonyl (C=O) groups is 2. The Morgan fingerprint density at radius 2 is 1.83 bits per heavy atom. The summed E-state index contributed by atoms with van der Waals surface area (Å²) in [5, 5.41) is 11.2. The monoisotopic (exact) mass is 335 g/mol. The Morgan fingerprint density at radius 3 is 2.50 bits per heavy atom. The number of alkyl carbamates (subject to hydrolysis) is 1. The van der Waals surface area contributed by atoms with Crippen LogP contribution in [0.1, 0.15) is 23.6 Å².